The van der Waals surface area contributed by atoms with E-state index in [1.54, 1.807) is 12.1 Å². The summed E-state index contributed by atoms with van der Waals surface area (Å²) in [6.07, 6.45) is 1.79. The van der Waals surface area contributed by atoms with Gasteiger partial charge in [-0.05, 0) is 30.7 Å². The van der Waals surface area contributed by atoms with Crippen LogP contribution in [0.4, 0.5) is 0 Å². The van der Waals surface area contributed by atoms with Crippen LogP contribution in [0.3, 0.4) is 0 Å². The lowest BCUT2D eigenvalue weighted by Crippen LogP contribution is -2.11. The highest BCUT2D eigenvalue weighted by molar-refractivity contribution is 6.16. The van der Waals surface area contributed by atoms with Crippen LogP contribution in [0.5, 0.6) is 0 Å². The number of alkyl halides is 1. The number of carbonyl (C=O) groups is 1. The Labute approximate surface area is 116 Å². The van der Waals surface area contributed by atoms with Crippen molar-refractivity contribution < 1.29 is 4.79 Å². The van der Waals surface area contributed by atoms with E-state index in [9.17, 15) is 4.79 Å². The summed E-state index contributed by atoms with van der Waals surface area (Å²) in [4.78, 5) is 11.1. The van der Waals surface area contributed by atoms with Crippen LogP contribution in [0, 0.1) is 0 Å². The minimum atomic E-state index is -0.443. The number of nitrogens with two attached hydrogens (primary N) is 1. The summed E-state index contributed by atoms with van der Waals surface area (Å²) in [5.74, 6) is 1.40. The second-order valence-corrected chi connectivity index (χ2v) is 4.43. The number of carbonyl (C=O) groups excluding carboxylic acids is 1. The molecule has 0 aliphatic heterocycles. The monoisotopic (exact) mass is 278 g/mol. The number of hydrogen-bond acceptors (Lipinski definition) is 3. The molecular weight excluding hydrogens is 264 g/mol. The number of aromatic nitrogens is 3. The lowest BCUT2D eigenvalue weighted by atomic mass is 10.2. The Morgan fingerprint density at radius 3 is 2.42 bits per heavy atom. The van der Waals surface area contributed by atoms with Gasteiger partial charge in [0.15, 0.2) is 5.82 Å². The van der Waals surface area contributed by atoms with Gasteiger partial charge in [-0.2, -0.15) is 0 Å². The fraction of sp³-hybridized carbons (Fsp3) is 0.308. The summed E-state index contributed by atoms with van der Waals surface area (Å²) >= 11 is 5.88. The number of amides is 1. The number of nitrogens with zero attached hydrogens (tertiary/aromatic N) is 3. The summed E-state index contributed by atoms with van der Waals surface area (Å²) in [6, 6.07) is 7.01. The van der Waals surface area contributed by atoms with Gasteiger partial charge in [-0.25, -0.2) is 0 Å². The van der Waals surface area contributed by atoms with E-state index in [-0.39, 0.29) is 5.88 Å². The first-order valence-corrected chi connectivity index (χ1v) is 6.60. The standard InChI is InChI=1S/C13H15ClN4O/c1-2-3-11-16-17-12(8-14)18(11)10-6-4-9(5-7-10)13(15)19/h4-7H,2-3,8H2,1H3,(H2,15,19). The second-order valence-electron chi connectivity index (χ2n) is 4.16. The average Bonchev–Trinajstić information content (AvgIpc) is 2.82. The number of rotatable bonds is 5. The topological polar surface area (TPSA) is 73.8 Å². The fourth-order valence-corrected chi connectivity index (χ4v) is 2.07. The Hall–Kier alpha value is -1.88. The molecule has 0 aliphatic rings. The van der Waals surface area contributed by atoms with E-state index in [2.05, 4.69) is 17.1 Å². The third-order valence-corrected chi connectivity index (χ3v) is 3.04. The summed E-state index contributed by atoms with van der Waals surface area (Å²) < 4.78 is 1.92. The van der Waals surface area contributed by atoms with Gasteiger partial charge in [0.2, 0.25) is 5.91 Å². The molecule has 1 aromatic carbocycles. The first-order valence-electron chi connectivity index (χ1n) is 6.06. The summed E-state index contributed by atoms with van der Waals surface area (Å²) in [5, 5.41) is 8.22. The third kappa shape index (κ3) is 2.76. The number of benzene rings is 1. The highest BCUT2D eigenvalue weighted by atomic mass is 35.5. The molecule has 1 heterocycles. The van der Waals surface area contributed by atoms with Crippen LogP contribution in [0.2, 0.25) is 0 Å². The van der Waals surface area contributed by atoms with Crippen molar-refractivity contribution in [3.8, 4) is 5.69 Å². The van der Waals surface area contributed by atoms with E-state index in [4.69, 9.17) is 17.3 Å². The van der Waals surface area contributed by atoms with Gasteiger partial charge in [0.05, 0.1) is 5.88 Å². The highest BCUT2D eigenvalue weighted by Crippen LogP contribution is 2.16. The predicted molar refractivity (Wildman–Crippen MR) is 73.4 cm³/mol. The molecule has 1 amide bonds. The third-order valence-electron chi connectivity index (χ3n) is 2.80. The first-order chi connectivity index (χ1) is 9.17. The summed E-state index contributed by atoms with van der Waals surface area (Å²) in [6.45, 7) is 2.08. The van der Waals surface area contributed by atoms with Gasteiger partial charge in [-0.15, -0.1) is 21.8 Å². The van der Waals surface area contributed by atoms with Gasteiger partial charge >= 0.3 is 0 Å². The minimum absolute atomic E-state index is 0.286. The lowest BCUT2D eigenvalue weighted by molar-refractivity contribution is 0.100. The van der Waals surface area contributed by atoms with Gasteiger partial charge < -0.3 is 5.73 Å². The number of hydrogen-bond donors (Lipinski definition) is 1. The molecule has 0 saturated carbocycles. The van der Waals surface area contributed by atoms with Crippen molar-refractivity contribution >= 4 is 17.5 Å². The Morgan fingerprint density at radius 2 is 1.89 bits per heavy atom. The van der Waals surface area contributed by atoms with E-state index in [1.807, 2.05) is 16.7 Å². The van der Waals surface area contributed by atoms with Crippen molar-refractivity contribution in [1.82, 2.24) is 14.8 Å². The van der Waals surface area contributed by atoms with E-state index < -0.39 is 5.91 Å². The molecule has 2 rings (SSSR count). The number of aryl methyl sites for hydroxylation is 1. The van der Waals surface area contributed by atoms with Gasteiger partial charge in [0, 0.05) is 17.7 Å². The zero-order chi connectivity index (χ0) is 13.8. The molecule has 100 valence electrons. The van der Waals surface area contributed by atoms with E-state index in [0.717, 1.165) is 24.4 Å². The zero-order valence-corrected chi connectivity index (χ0v) is 11.4. The SMILES string of the molecule is CCCc1nnc(CCl)n1-c1ccc(C(N)=O)cc1. The van der Waals surface area contributed by atoms with Crippen LogP contribution in [0.1, 0.15) is 35.4 Å². The number of halogens is 1. The van der Waals surface area contributed by atoms with Crippen molar-refractivity contribution in [2.45, 2.75) is 25.6 Å². The molecule has 2 aromatic rings. The molecule has 0 spiro atoms. The van der Waals surface area contributed by atoms with E-state index >= 15 is 0 Å². The Bertz CT molecular complexity index is 577. The molecule has 6 heteroatoms. The summed E-state index contributed by atoms with van der Waals surface area (Å²) in [7, 11) is 0. The van der Waals surface area contributed by atoms with Crippen LogP contribution in [0.15, 0.2) is 24.3 Å². The maximum Gasteiger partial charge on any atom is 0.248 e. The largest absolute Gasteiger partial charge is 0.366 e. The minimum Gasteiger partial charge on any atom is -0.366 e. The second kappa shape index (κ2) is 5.84. The molecule has 0 unspecified atom stereocenters. The van der Waals surface area contributed by atoms with Crippen molar-refractivity contribution in [2.24, 2.45) is 5.73 Å². The molecular formula is C13H15ClN4O. The van der Waals surface area contributed by atoms with Crippen molar-refractivity contribution in [3.63, 3.8) is 0 Å². The average molecular weight is 279 g/mol. The molecule has 0 radical (unpaired) electrons. The van der Waals surface area contributed by atoms with Gasteiger partial charge in [-0.1, -0.05) is 6.92 Å². The maximum atomic E-state index is 11.1. The quantitative estimate of drug-likeness (QED) is 0.851. The normalized spacial score (nSPS) is 10.6. The molecule has 1 aromatic heterocycles. The first kappa shape index (κ1) is 13.5. The molecule has 0 saturated heterocycles. The van der Waals surface area contributed by atoms with Gasteiger partial charge in [-0.3, -0.25) is 9.36 Å². The molecule has 0 aliphatic carbocycles. The van der Waals surface area contributed by atoms with Crippen LogP contribution >= 0.6 is 11.6 Å². The fourth-order valence-electron chi connectivity index (χ4n) is 1.90. The van der Waals surface area contributed by atoms with Crippen LogP contribution in [0.25, 0.3) is 5.69 Å². The molecule has 2 N–H and O–H groups in total. The Kier molecular flexibility index (Phi) is 4.16. The Balaban J connectivity index is 2.44. The summed E-state index contributed by atoms with van der Waals surface area (Å²) in [5.41, 5.74) is 6.58. The molecule has 19 heavy (non-hydrogen) atoms. The molecule has 0 atom stereocenters. The smallest absolute Gasteiger partial charge is 0.248 e. The van der Waals surface area contributed by atoms with Crippen LogP contribution in [-0.2, 0) is 12.3 Å². The Morgan fingerprint density at radius 1 is 1.26 bits per heavy atom. The lowest BCUT2D eigenvalue weighted by Gasteiger charge is -2.09. The van der Waals surface area contributed by atoms with E-state index in [1.165, 1.54) is 0 Å². The highest BCUT2D eigenvalue weighted by Gasteiger charge is 2.12. The molecule has 0 bridgehead atoms. The maximum absolute atomic E-state index is 11.1. The number of primary amides is 1. The van der Waals surface area contributed by atoms with Crippen molar-refractivity contribution in [2.75, 3.05) is 0 Å². The zero-order valence-electron chi connectivity index (χ0n) is 10.6. The van der Waals surface area contributed by atoms with Crippen molar-refractivity contribution in [1.29, 1.82) is 0 Å². The van der Waals surface area contributed by atoms with Gasteiger partial charge in [0.1, 0.15) is 5.82 Å². The molecule has 0 fully saturated rings. The van der Waals surface area contributed by atoms with E-state index in [0.29, 0.717) is 11.4 Å². The van der Waals surface area contributed by atoms with Crippen molar-refractivity contribution in [3.05, 3.63) is 41.5 Å². The van der Waals surface area contributed by atoms with Crippen LogP contribution < -0.4 is 5.73 Å². The van der Waals surface area contributed by atoms with Gasteiger partial charge in [0.25, 0.3) is 0 Å². The predicted octanol–water partition coefficient (Wildman–Crippen LogP) is 2.06. The molecule has 5 nitrogen and oxygen atoms in total. The van der Waals surface area contributed by atoms with Crippen LogP contribution in [-0.4, -0.2) is 20.7 Å².